The van der Waals surface area contributed by atoms with E-state index in [0.29, 0.717) is 17.8 Å². The summed E-state index contributed by atoms with van der Waals surface area (Å²) in [5, 5.41) is 12.5. The average Bonchev–Trinajstić information content (AvgIpc) is 3.29. The summed E-state index contributed by atoms with van der Waals surface area (Å²) in [7, 11) is 0. The highest BCUT2D eigenvalue weighted by Crippen LogP contribution is 2.54. The van der Waals surface area contributed by atoms with Gasteiger partial charge in [-0.3, -0.25) is 4.79 Å². The molecular formula is C16H27NO2. The number of carbonyl (C=O) groups is 1. The van der Waals surface area contributed by atoms with Crippen LogP contribution in [0.1, 0.15) is 57.8 Å². The topological polar surface area (TPSA) is 49.3 Å². The molecule has 0 aromatic heterocycles. The van der Waals surface area contributed by atoms with E-state index in [1.807, 2.05) is 0 Å². The zero-order valence-electron chi connectivity index (χ0n) is 11.8. The van der Waals surface area contributed by atoms with Crippen LogP contribution in [0.4, 0.5) is 0 Å². The Morgan fingerprint density at radius 1 is 1.16 bits per heavy atom. The number of amides is 1. The molecule has 19 heavy (non-hydrogen) atoms. The summed E-state index contributed by atoms with van der Waals surface area (Å²) in [5.74, 6) is 2.74. The molecule has 3 atom stereocenters. The second-order valence-corrected chi connectivity index (χ2v) is 6.87. The molecule has 0 aliphatic heterocycles. The maximum atomic E-state index is 12.3. The number of hydrogen-bond acceptors (Lipinski definition) is 2. The Labute approximate surface area is 116 Å². The first kappa shape index (κ1) is 13.4. The molecule has 3 fully saturated rings. The van der Waals surface area contributed by atoms with Gasteiger partial charge in [-0.15, -0.1) is 0 Å². The Morgan fingerprint density at radius 3 is 2.53 bits per heavy atom. The predicted octanol–water partition coefficient (Wildman–Crippen LogP) is 2.48. The lowest BCUT2D eigenvalue weighted by Crippen LogP contribution is -2.42. The smallest absolute Gasteiger partial charge is 0.223 e. The maximum absolute atomic E-state index is 12.3. The normalized spacial score (nSPS) is 32.9. The van der Waals surface area contributed by atoms with E-state index < -0.39 is 0 Å². The van der Waals surface area contributed by atoms with E-state index in [0.717, 1.165) is 18.8 Å². The lowest BCUT2D eigenvalue weighted by molar-refractivity contribution is -0.124. The average molecular weight is 265 g/mol. The third kappa shape index (κ3) is 3.31. The standard InChI is InChI=1S/C16H27NO2/c18-9-8-15(12-4-2-1-3-5-12)17-16(19)14-10-13(14)11-6-7-11/h11-15,18H,1-10H2,(H,17,19). The SMILES string of the molecule is O=C(NC(CCO)C1CCCCC1)C1CC1C1CC1. The van der Waals surface area contributed by atoms with Crippen LogP contribution in [0, 0.1) is 23.7 Å². The zero-order chi connectivity index (χ0) is 13.2. The molecule has 108 valence electrons. The summed E-state index contributed by atoms with van der Waals surface area (Å²) < 4.78 is 0. The van der Waals surface area contributed by atoms with E-state index in [4.69, 9.17) is 0 Å². The van der Waals surface area contributed by atoms with Crippen LogP contribution in [-0.2, 0) is 4.79 Å². The Morgan fingerprint density at radius 2 is 1.89 bits per heavy atom. The van der Waals surface area contributed by atoms with Crippen LogP contribution in [0.2, 0.25) is 0 Å². The van der Waals surface area contributed by atoms with Crippen molar-refractivity contribution in [3.05, 3.63) is 0 Å². The number of hydrogen-bond donors (Lipinski definition) is 2. The molecule has 0 aromatic carbocycles. The van der Waals surface area contributed by atoms with Crippen molar-refractivity contribution >= 4 is 5.91 Å². The van der Waals surface area contributed by atoms with E-state index in [9.17, 15) is 9.90 Å². The summed E-state index contributed by atoms with van der Waals surface area (Å²) in [6.07, 6.45) is 10.9. The van der Waals surface area contributed by atoms with Crippen LogP contribution in [-0.4, -0.2) is 23.7 Å². The molecule has 3 unspecified atom stereocenters. The van der Waals surface area contributed by atoms with Crippen molar-refractivity contribution < 1.29 is 9.90 Å². The molecule has 0 radical (unpaired) electrons. The molecule has 3 saturated carbocycles. The quantitative estimate of drug-likeness (QED) is 0.775. The number of aliphatic hydroxyl groups excluding tert-OH is 1. The van der Waals surface area contributed by atoms with Crippen molar-refractivity contribution in [3.8, 4) is 0 Å². The molecule has 0 saturated heterocycles. The van der Waals surface area contributed by atoms with Crippen molar-refractivity contribution in [1.29, 1.82) is 0 Å². The Hall–Kier alpha value is -0.570. The number of carbonyl (C=O) groups excluding carboxylic acids is 1. The summed E-state index contributed by atoms with van der Waals surface area (Å²) >= 11 is 0. The van der Waals surface area contributed by atoms with Gasteiger partial charge in [0.1, 0.15) is 0 Å². The summed E-state index contributed by atoms with van der Waals surface area (Å²) in [6.45, 7) is 0.193. The van der Waals surface area contributed by atoms with Crippen molar-refractivity contribution in [2.75, 3.05) is 6.61 Å². The number of rotatable bonds is 6. The van der Waals surface area contributed by atoms with Crippen molar-refractivity contribution in [3.63, 3.8) is 0 Å². The van der Waals surface area contributed by atoms with Crippen molar-refractivity contribution in [2.45, 2.75) is 63.8 Å². The van der Waals surface area contributed by atoms with Gasteiger partial charge >= 0.3 is 0 Å². The highest BCUT2D eigenvalue weighted by atomic mass is 16.3. The van der Waals surface area contributed by atoms with Crippen LogP contribution in [0.25, 0.3) is 0 Å². The van der Waals surface area contributed by atoms with Crippen LogP contribution >= 0.6 is 0 Å². The van der Waals surface area contributed by atoms with Crippen LogP contribution in [0.15, 0.2) is 0 Å². The first-order valence-electron chi connectivity index (χ1n) is 8.21. The molecule has 1 amide bonds. The Kier molecular flexibility index (Phi) is 4.11. The highest BCUT2D eigenvalue weighted by molar-refractivity contribution is 5.82. The molecule has 0 bridgehead atoms. The lowest BCUT2D eigenvalue weighted by Gasteiger charge is -2.30. The van der Waals surface area contributed by atoms with Gasteiger partial charge in [0.05, 0.1) is 0 Å². The molecule has 3 aliphatic rings. The third-order valence-electron chi connectivity index (χ3n) is 5.39. The van der Waals surface area contributed by atoms with Crippen molar-refractivity contribution in [1.82, 2.24) is 5.32 Å². The van der Waals surface area contributed by atoms with Gasteiger partial charge in [-0.05, 0) is 56.3 Å². The van der Waals surface area contributed by atoms with Gasteiger partial charge < -0.3 is 10.4 Å². The molecule has 0 heterocycles. The molecule has 2 N–H and O–H groups in total. The number of aliphatic hydroxyl groups is 1. The predicted molar refractivity (Wildman–Crippen MR) is 74.5 cm³/mol. The van der Waals surface area contributed by atoms with E-state index in [1.54, 1.807) is 0 Å². The van der Waals surface area contributed by atoms with Crippen LogP contribution in [0.3, 0.4) is 0 Å². The van der Waals surface area contributed by atoms with E-state index in [2.05, 4.69) is 5.32 Å². The molecule has 0 aromatic rings. The fourth-order valence-electron chi connectivity index (χ4n) is 3.95. The molecule has 3 rings (SSSR count). The summed E-state index contributed by atoms with van der Waals surface area (Å²) in [6, 6.07) is 0.221. The van der Waals surface area contributed by atoms with Gasteiger partial charge in [-0.25, -0.2) is 0 Å². The first-order valence-corrected chi connectivity index (χ1v) is 8.21. The zero-order valence-corrected chi connectivity index (χ0v) is 11.8. The van der Waals surface area contributed by atoms with Crippen LogP contribution < -0.4 is 5.32 Å². The Balaban J connectivity index is 1.50. The minimum atomic E-state index is 0.193. The fraction of sp³-hybridized carbons (Fsp3) is 0.938. The fourth-order valence-corrected chi connectivity index (χ4v) is 3.95. The lowest BCUT2D eigenvalue weighted by atomic mass is 9.82. The molecule has 0 spiro atoms. The number of nitrogens with one attached hydrogen (secondary N) is 1. The second-order valence-electron chi connectivity index (χ2n) is 6.87. The van der Waals surface area contributed by atoms with E-state index >= 15 is 0 Å². The van der Waals surface area contributed by atoms with E-state index in [1.165, 1.54) is 44.9 Å². The third-order valence-corrected chi connectivity index (χ3v) is 5.39. The van der Waals surface area contributed by atoms with Gasteiger partial charge in [-0.1, -0.05) is 19.3 Å². The minimum absolute atomic E-state index is 0.193. The molecular weight excluding hydrogens is 238 g/mol. The maximum Gasteiger partial charge on any atom is 0.223 e. The Bertz CT molecular complexity index is 321. The van der Waals surface area contributed by atoms with Gasteiger partial charge in [-0.2, -0.15) is 0 Å². The largest absolute Gasteiger partial charge is 0.396 e. The van der Waals surface area contributed by atoms with Crippen molar-refractivity contribution in [2.24, 2.45) is 23.7 Å². The molecule has 3 aliphatic carbocycles. The first-order chi connectivity index (χ1) is 9.29. The molecule has 3 nitrogen and oxygen atoms in total. The van der Waals surface area contributed by atoms with Gasteiger partial charge in [0, 0.05) is 18.6 Å². The minimum Gasteiger partial charge on any atom is -0.396 e. The summed E-state index contributed by atoms with van der Waals surface area (Å²) in [4.78, 5) is 12.3. The van der Waals surface area contributed by atoms with E-state index in [-0.39, 0.29) is 18.6 Å². The van der Waals surface area contributed by atoms with Gasteiger partial charge in [0.2, 0.25) is 5.91 Å². The van der Waals surface area contributed by atoms with Crippen LogP contribution in [0.5, 0.6) is 0 Å². The van der Waals surface area contributed by atoms with Gasteiger partial charge in [0.25, 0.3) is 0 Å². The molecule has 3 heteroatoms. The highest BCUT2D eigenvalue weighted by Gasteiger charge is 2.51. The summed E-state index contributed by atoms with van der Waals surface area (Å²) in [5.41, 5.74) is 0. The van der Waals surface area contributed by atoms with Gasteiger partial charge in [0.15, 0.2) is 0 Å². The monoisotopic (exact) mass is 265 g/mol. The second kappa shape index (κ2) is 5.82.